The van der Waals surface area contributed by atoms with Crippen LogP contribution in [0.5, 0.6) is 5.75 Å². The number of nitrogens with one attached hydrogen (secondary N) is 1. The van der Waals surface area contributed by atoms with Crippen molar-refractivity contribution in [3.05, 3.63) is 124 Å². The fourth-order valence-corrected chi connectivity index (χ4v) is 4.90. The van der Waals surface area contributed by atoms with Gasteiger partial charge in [-0.3, -0.25) is 9.59 Å². The summed E-state index contributed by atoms with van der Waals surface area (Å²) in [7, 11) is 0. The van der Waals surface area contributed by atoms with E-state index in [4.69, 9.17) is 9.15 Å². The number of rotatable bonds is 8. The number of ether oxygens (including phenoxy) is 1. The van der Waals surface area contributed by atoms with Crippen molar-refractivity contribution in [1.29, 1.82) is 0 Å². The lowest BCUT2D eigenvalue weighted by atomic mass is 9.87. The van der Waals surface area contributed by atoms with Crippen molar-refractivity contribution in [2.75, 3.05) is 6.54 Å². The third-order valence-electron chi connectivity index (χ3n) is 6.92. The maximum atomic E-state index is 13.7. The Bertz CT molecular complexity index is 1510. The Kier molecular flexibility index (Phi) is 7.96. The van der Waals surface area contributed by atoms with Crippen molar-refractivity contribution < 1.29 is 27.5 Å². The fraction of sp³-hybridized carbons (Fsp3) is 0.250. The lowest BCUT2D eigenvalue weighted by molar-refractivity contribution is -0.136. The lowest BCUT2D eigenvalue weighted by Gasteiger charge is -2.39. The van der Waals surface area contributed by atoms with Gasteiger partial charge in [0.15, 0.2) is 5.76 Å². The monoisotopic (exact) mass is 544 g/mol. The van der Waals surface area contributed by atoms with Crippen molar-refractivity contribution >= 4 is 11.8 Å². The Labute approximate surface area is 231 Å². The molecule has 0 saturated heterocycles. The molecule has 1 N–H and O–H groups in total. The van der Waals surface area contributed by atoms with E-state index >= 15 is 0 Å². The molecule has 0 spiro atoms. The first-order chi connectivity index (χ1) is 19.3. The molecule has 2 heterocycles. The Morgan fingerprint density at radius 1 is 1.00 bits per heavy atom. The summed E-state index contributed by atoms with van der Waals surface area (Å²) in [6.07, 6.45) is 0.706. The van der Waals surface area contributed by atoms with Crippen LogP contribution < -0.4 is 10.1 Å². The van der Waals surface area contributed by atoms with Gasteiger partial charge in [0, 0.05) is 19.0 Å². The van der Waals surface area contributed by atoms with Crippen LogP contribution in [0.3, 0.4) is 0 Å². The molecular weight excluding hydrogens is 514 g/mol. The smallest absolute Gasteiger partial charge is 0.287 e. The summed E-state index contributed by atoms with van der Waals surface area (Å²) in [5.74, 6) is -0.0959. The van der Waals surface area contributed by atoms with Gasteiger partial charge in [-0.15, -0.1) is 0 Å². The number of furan rings is 1. The van der Waals surface area contributed by atoms with Crippen LogP contribution in [0.2, 0.25) is 0 Å². The Morgan fingerprint density at radius 2 is 1.80 bits per heavy atom. The molecule has 5 rings (SSSR count). The highest BCUT2D eigenvalue weighted by molar-refractivity contribution is 5.91. The Hall–Kier alpha value is -4.46. The van der Waals surface area contributed by atoms with Crippen LogP contribution in [0, 0.1) is 17.6 Å². The SMILES string of the molecule is CC(C)C(=O)N1CCc2ccc(OCc3ccc(C(=O)NCc4cccc(F)c4)o3)cc2[C@@H]1c1ccc(F)cc1. The molecule has 0 unspecified atom stereocenters. The van der Waals surface area contributed by atoms with Gasteiger partial charge in [0.1, 0.15) is 29.8 Å². The number of hydrogen-bond acceptors (Lipinski definition) is 4. The first-order valence-electron chi connectivity index (χ1n) is 13.2. The number of carbonyl (C=O) groups excluding carboxylic acids is 2. The van der Waals surface area contributed by atoms with Crippen molar-refractivity contribution in [2.24, 2.45) is 5.92 Å². The number of hydrogen-bond donors (Lipinski definition) is 1. The second-order valence-electron chi connectivity index (χ2n) is 10.1. The Balaban J connectivity index is 1.30. The summed E-state index contributed by atoms with van der Waals surface area (Å²) in [6.45, 7) is 4.58. The van der Waals surface area contributed by atoms with Crippen molar-refractivity contribution in [3.63, 3.8) is 0 Å². The van der Waals surface area contributed by atoms with E-state index in [1.807, 2.05) is 36.9 Å². The average molecular weight is 545 g/mol. The number of fused-ring (bicyclic) bond motifs is 1. The van der Waals surface area contributed by atoms with E-state index < -0.39 is 5.91 Å². The first kappa shape index (κ1) is 27.1. The van der Waals surface area contributed by atoms with Crippen LogP contribution in [0.25, 0.3) is 0 Å². The van der Waals surface area contributed by atoms with Crippen LogP contribution in [0.4, 0.5) is 8.78 Å². The predicted molar refractivity (Wildman–Crippen MR) is 146 cm³/mol. The highest BCUT2D eigenvalue weighted by Gasteiger charge is 2.33. The van der Waals surface area contributed by atoms with Crippen LogP contribution in [0.1, 0.15) is 58.5 Å². The van der Waals surface area contributed by atoms with Gasteiger partial charge in [-0.25, -0.2) is 8.78 Å². The average Bonchev–Trinajstić information content (AvgIpc) is 3.43. The van der Waals surface area contributed by atoms with Crippen LogP contribution in [0.15, 0.2) is 83.3 Å². The Morgan fingerprint density at radius 3 is 2.55 bits per heavy atom. The number of nitrogens with zero attached hydrogens (tertiary/aromatic N) is 1. The molecule has 0 radical (unpaired) electrons. The largest absolute Gasteiger partial charge is 0.486 e. The highest BCUT2D eigenvalue weighted by atomic mass is 19.1. The van der Waals surface area contributed by atoms with Gasteiger partial charge in [-0.2, -0.15) is 0 Å². The van der Waals surface area contributed by atoms with E-state index in [0.29, 0.717) is 30.0 Å². The van der Waals surface area contributed by atoms with Gasteiger partial charge in [0.05, 0.1) is 6.04 Å². The third kappa shape index (κ3) is 6.06. The minimum absolute atomic E-state index is 0.0325. The van der Waals surface area contributed by atoms with Crippen LogP contribution in [-0.4, -0.2) is 23.3 Å². The predicted octanol–water partition coefficient (Wildman–Crippen LogP) is 6.20. The molecule has 40 heavy (non-hydrogen) atoms. The van der Waals surface area contributed by atoms with Crippen molar-refractivity contribution in [2.45, 2.75) is 39.5 Å². The minimum atomic E-state index is -0.415. The molecule has 2 amide bonds. The number of halogens is 2. The van der Waals surface area contributed by atoms with Crippen LogP contribution >= 0.6 is 0 Å². The summed E-state index contributed by atoms with van der Waals surface area (Å²) in [5.41, 5.74) is 3.50. The zero-order chi connectivity index (χ0) is 28.2. The zero-order valence-corrected chi connectivity index (χ0v) is 22.3. The van der Waals surface area contributed by atoms with Crippen molar-refractivity contribution in [3.8, 4) is 5.75 Å². The summed E-state index contributed by atoms with van der Waals surface area (Å²) in [4.78, 5) is 27.4. The summed E-state index contributed by atoms with van der Waals surface area (Å²) >= 11 is 0. The van der Waals surface area contributed by atoms with Gasteiger partial charge in [-0.05, 0) is 77.2 Å². The standard InChI is InChI=1S/C32H30F2N2O4/c1-20(2)32(38)36-15-14-22-8-11-26(17-28(22)30(36)23-6-9-24(33)10-7-23)39-19-27-12-13-29(40-27)31(37)35-18-21-4-3-5-25(34)16-21/h3-13,16-17,20,30H,14-15,18-19H2,1-2H3,(H,35,37)/t30-/m0/s1. The fourth-order valence-electron chi connectivity index (χ4n) is 4.90. The molecular formula is C32H30F2N2O4. The topological polar surface area (TPSA) is 71.8 Å². The second kappa shape index (κ2) is 11.7. The molecule has 0 bridgehead atoms. The molecule has 4 aromatic rings. The molecule has 1 atom stereocenters. The normalized spacial score (nSPS) is 14.6. The van der Waals surface area contributed by atoms with E-state index in [2.05, 4.69) is 5.32 Å². The summed E-state index contributed by atoms with van der Waals surface area (Å²) in [5, 5.41) is 2.71. The maximum absolute atomic E-state index is 13.7. The second-order valence-corrected chi connectivity index (χ2v) is 10.1. The molecule has 3 aromatic carbocycles. The number of carbonyl (C=O) groups is 2. The van der Waals surface area contributed by atoms with Crippen LogP contribution in [-0.2, 0) is 24.4 Å². The lowest BCUT2D eigenvalue weighted by Crippen LogP contribution is -2.42. The molecule has 1 aliphatic heterocycles. The molecule has 0 aliphatic carbocycles. The quantitative estimate of drug-likeness (QED) is 0.287. The van der Waals surface area contributed by atoms with Gasteiger partial charge in [-0.1, -0.05) is 44.2 Å². The first-order valence-corrected chi connectivity index (χ1v) is 13.2. The minimum Gasteiger partial charge on any atom is -0.486 e. The number of amides is 2. The van der Waals surface area contributed by atoms with Gasteiger partial charge < -0.3 is 19.4 Å². The molecule has 8 heteroatoms. The van der Waals surface area contributed by atoms with E-state index in [9.17, 15) is 18.4 Å². The highest BCUT2D eigenvalue weighted by Crippen LogP contribution is 2.38. The van der Waals surface area contributed by atoms with Gasteiger partial charge in [0.2, 0.25) is 5.91 Å². The van der Waals surface area contributed by atoms with Gasteiger partial charge in [0.25, 0.3) is 5.91 Å². The summed E-state index contributed by atoms with van der Waals surface area (Å²) in [6, 6.07) is 20.9. The molecule has 206 valence electrons. The summed E-state index contributed by atoms with van der Waals surface area (Å²) < 4.78 is 38.7. The molecule has 0 saturated carbocycles. The zero-order valence-electron chi connectivity index (χ0n) is 22.3. The van der Waals surface area contributed by atoms with E-state index in [0.717, 1.165) is 16.7 Å². The van der Waals surface area contributed by atoms with Gasteiger partial charge >= 0.3 is 0 Å². The molecule has 6 nitrogen and oxygen atoms in total. The maximum Gasteiger partial charge on any atom is 0.287 e. The molecule has 0 fully saturated rings. The third-order valence-corrected chi connectivity index (χ3v) is 6.92. The van der Waals surface area contributed by atoms with E-state index in [-0.39, 0.29) is 48.4 Å². The van der Waals surface area contributed by atoms with E-state index in [1.165, 1.54) is 24.3 Å². The molecule has 1 aromatic heterocycles. The van der Waals surface area contributed by atoms with Crippen molar-refractivity contribution in [1.82, 2.24) is 10.2 Å². The van der Waals surface area contributed by atoms with E-state index in [1.54, 1.807) is 36.4 Å². The molecule has 1 aliphatic rings. The number of benzene rings is 3.